The fourth-order valence-electron chi connectivity index (χ4n) is 2.98. The topological polar surface area (TPSA) is 80.3 Å². The van der Waals surface area contributed by atoms with E-state index < -0.39 is 0 Å². The number of ether oxygens (including phenoxy) is 1. The van der Waals surface area contributed by atoms with Crippen molar-refractivity contribution in [1.82, 2.24) is 15.6 Å². The van der Waals surface area contributed by atoms with Gasteiger partial charge in [-0.25, -0.2) is 4.98 Å². The predicted octanol–water partition coefficient (Wildman–Crippen LogP) is 1.94. The highest BCUT2D eigenvalue weighted by molar-refractivity contribution is 5.98. The number of nitrogens with one attached hydrogen (secondary N) is 2. The summed E-state index contributed by atoms with van der Waals surface area (Å²) in [4.78, 5) is 29.1. The molecule has 2 N–H and O–H groups in total. The first kappa shape index (κ1) is 18.1. The monoisotopic (exact) mass is 353 g/mol. The van der Waals surface area contributed by atoms with Gasteiger partial charge in [0.1, 0.15) is 5.69 Å². The van der Waals surface area contributed by atoms with Crippen LogP contribution in [0.3, 0.4) is 0 Å². The molecule has 1 aliphatic heterocycles. The Labute approximate surface area is 153 Å². The maximum Gasteiger partial charge on any atom is 0.269 e. The average molecular weight is 353 g/mol. The summed E-state index contributed by atoms with van der Waals surface area (Å²) in [5.41, 5.74) is 2.43. The zero-order chi connectivity index (χ0) is 18.4. The molecule has 1 atom stereocenters. The van der Waals surface area contributed by atoms with Crippen LogP contribution in [0.2, 0.25) is 0 Å². The van der Waals surface area contributed by atoms with Gasteiger partial charge in [0, 0.05) is 31.3 Å². The van der Waals surface area contributed by atoms with Gasteiger partial charge in [0.2, 0.25) is 0 Å². The van der Waals surface area contributed by atoms with E-state index in [1.165, 1.54) is 6.07 Å². The Bertz CT molecular complexity index is 771. The van der Waals surface area contributed by atoms with Gasteiger partial charge in [0.05, 0.1) is 12.6 Å². The molecule has 3 rings (SSSR count). The van der Waals surface area contributed by atoms with Crippen molar-refractivity contribution in [1.29, 1.82) is 0 Å². The van der Waals surface area contributed by atoms with Crippen LogP contribution in [0.25, 0.3) is 0 Å². The number of carbonyl (C=O) groups is 2. The quantitative estimate of drug-likeness (QED) is 0.861. The van der Waals surface area contributed by atoms with E-state index >= 15 is 0 Å². The largest absolute Gasteiger partial charge is 0.379 e. The second kappa shape index (κ2) is 8.58. The summed E-state index contributed by atoms with van der Waals surface area (Å²) in [6, 6.07) is 13.1. The summed E-state index contributed by atoms with van der Waals surface area (Å²) in [6.45, 7) is 1.26. The standard InChI is InChI=1S/C20H23N3O3/c1-21-20(25)18-12-15(19(24)23-16-8-5-9-26-13-16)11-17(22-18)10-14-6-3-2-4-7-14/h2-4,6-7,11-12,16H,5,8-10,13H2,1H3,(H,21,25)(H,23,24). The highest BCUT2D eigenvalue weighted by Gasteiger charge is 2.19. The SMILES string of the molecule is CNC(=O)c1cc(C(=O)NC2CCCOC2)cc(Cc2ccccc2)n1. The molecular formula is C20H23N3O3. The third-order valence-corrected chi connectivity index (χ3v) is 4.32. The summed E-state index contributed by atoms with van der Waals surface area (Å²) in [5, 5.41) is 5.55. The zero-order valence-corrected chi connectivity index (χ0v) is 14.8. The maximum absolute atomic E-state index is 12.7. The van der Waals surface area contributed by atoms with Gasteiger partial charge in [0.25, 0.3) is 11.8 Å². The summed E-state index contributed by atoms with van der Waals surface area (Å²) in [6.07, 6.45) is 2.39. The van der Waals surface area contributed by atoms with E-state index in [4.69, 9.17) is 4.74 Å². The molecule has 1 aromatic carbocycles. The molecule has 2 amide bonds. The van der Waals surface area contributed by atoms with Crippen molar-refractivity contribution in [3.05, 3.63) is 65.0 Å². The van der Waals surface area contributed by atoms with Gasteiger partial charge in [0.15, 0.2) is 0 Å². The van der Waals surface area contributed by atoms with Gasteiger partial charge in [-0.2, -0.15) is 0 Å². The summed E-state index contributed by atoms with van der Waals surface area (Å²) < 4.78 is 5.41. The second-order valence-electron chi connectivity index (χ2n) is 6.36. The lowest BCUT2D eigenvalue weighted by atomic mass is 10.1. The summed E-state index contributed by atoms with van der Waals surface area (Å²) in [7, 11) is 1.55. The third-order valence-electron chi connectivity index (χ3n) is 4.32. The molecule has 2 heterocycles. The lowest BCUT2D eigenvalue weighted by molar-refractivity contribution is 0.0624. The molecular weight excluding hydrogens is 330 g/mol. The molecule has 0 aliphatic carbocycles. The molecule has 0 radical (unpaired) electrons. The number of carbonyl (C=O) groups excluding carboxylic acids is 2. The van der Waals surface area contributed by atoms with Crippen molar-refractivity contribution in [2.75, 3.05) is 20.3 Å². The summed E-state index contributed by atoms with van der Waals surface area (Å²) >= 11 is 0. The minimum atomic E-state index is -0.310. The van der Waals surface area contributed by atoms with Crippen LogP contribution in [0.1, 0.15) is 44.9 Å². The molecule has 6 nitrogen and oxygen atoms in total. The Morgan fingerprint density at radius 2 is 2.00 bits per heavy atom. The van der Waals surface area contributed by atoms with Crippen LogP contribution in [0.15, 0.2) is 42.5 Å². The lowest BCUT2D eigenvalue weighted by Crippen LogP contribution is -2.40. The summed E-state index contributed by atoms with van der Waals surface area (Å²) in [5.74, 6) is -0.516. The molecule has 0 spiro atoms. The highest BCUT2D eigenvalue weighted by atomic mass is 16.5. The first-order valence-corrected chi connectivity index (χ1v) is 8.81. The average Bonchev–Trinajstić information content (AvgIpc) is 2.68. The number of nitrogens with zero attached hydrogens (tertiary/aromatic N) is 1. The molecule has 0 bridgehead atoms. The first-order chi connectivity index (χ1) is 12.7. The van der Waals surface area contributed by atoms with E-state index in [1.54, 1.807) is 13.1 Å². The van der Waals surface area contributed by atoms with Gasteiger partial charge in [-0.3, -0.25) is 9.59 Å². The van der Waals surface area contributed by atoms with Crippen LogP contribution in [0.5, 0.6) is 0 Å². The van der Waals surface area contributed by atoms with E-state index in [-0.39, 0.29) is 23.6 Å². The molecule has 1 saturated heterocycles. The minimum Gasteiger partial charge on any atom is -0.379 e. The Morgan fingerprint density at radius 1 is 1.19 bits per heavy atom. The van der Waals surface area contributed by atoms with Gasteiger partial charge in [-0.05, 0) is 30.5 Å². The van der Waals surface area contributed by atoms with Crippen LogP contribution in [0.4, 0.5) is 0 Å². The molecule has 2 aromatic rings. The van der Waals surface area contributed by atoms with Crippen LogP contribution < -0.4 is 10.6 Å². The Morgan fingerprint density at radius 3 is 2.69 bits per heavy atom. The Kier molecular flexibility index (Phi) is 5.96. The van der Waals surface area contributed by atoms with Gasteiger partial charge in [-0.1, -0.05) is 30.3 Å². The molecule has 26 heavy (non-hydrogen) atoms. The van der Waals surface area contributed by atoms with Crippen molar-refractivity contribution < 1.29 is 14.3 Å². The van der Waals surface area contributed by atoms with Crippen molar-refractivity contribution in [2.45, 2.75) is 25.3 Å². The maximum atomic E-state index is 12.7. The Balaban J connectivity index is 1.84. The molecule has 136 valence electrons. The van der Waals surface area contributed by atoms with E-state index in [1.807, 2.05) is 30.3 Å². The van der Waals surface area contributed by atoms with E-state index in [0.717, 1.165) is 25.0 Å². The smallest absolute Gasteiger partial charge is 0.269 e. The molecule has 6 heteroatoms. The minimum absolute atomic E-state index is 0.00504. The fourth-order valence-corrected chi connectivity index (χ4v) is 2.98. The van der Waals surface area contributed by atoms with Gasteiger partial charge >= 0.3 is 0 Å². The number of rotatable bonds is 5. The van der Waals surface area contributed by atoms with E-state index in [9.17, 15) is 9.59 Å². The zero-order valence-electron chi connectivity index (χ0n) is 14.8. The van der Waals surface area contributed by atoms with Crippen LogP contribution in [0, 0.1) is 0 Å². The molecule has 1 fully saturated rings. The van der Waals surface area contributed by atoms with Gasteiger partial charge in [-0.15, -0.1) is 0 Å². The molecule has 1 unspecified atom stereocenters. The third kappa shape index (κ3) is 4.67. The van der Waals surface area contributed by atoms with Crippen LogP contribution in [-0.4, -0.2) is 43.1 Å². The van der Waals surface area contributed by atoms with Crippen molar-refractivity contribution in [3.8, 4) is 0 Å². The predicted molar refractivity (Wildman–Crippen MR) is 98.2 cm³/mol. The molecule has 1 aliphatic rings. The molecule has 0 saturated carbocycles. The lowest BCUT2D eigenvalue weighted by Gasteiger charge is -2.23. The Hall–Kier alpha value is -2.73. The van der Waals surface area contributed by atoms with Crippen LogP contribution >= 0.6 is 0 Å². The number of pyridine rings is 1. The number of benzene rings is 1. The van der Waals surface area contributed by atoms with Crippen LogP contribution in [-0.2, 0) is 11.2 Å². The second-order valence-corrected chi connectivity index (χ2v) is 6.36. The van der Waals surface area contributed by atoms with Crippen molar-refractivity contribution in [3.63, 3.8) is 0 Å². The van der Waals surface area contributed by atoms with E-state index in [2.05, 4.69) is 15.6 Å². The number of aromatic nitrogens is 1. The number of hydrogen-bond acceptors (Lipinski definition) is 4. The number of hydrogen-bond donors (Lipinski definition) is 2. The van der Waals surface area contributed by atoms with Crippen molar-refractivity contribution >= 4 is 11.8 Å². The van der Waals surface area contributed by atoms with E-state index in [0.29, 0.717) is 24.3 Å². The van der Waals surface area contributed by atoms with Crippen molar-refractivity contribution in [2.24, 2.45) is 0 Å². The fraction of sp³-hybridized carbons (Fsp3) is 0.350. The molecule has 1 aromatic heterocycles. The first-order valence-electron chi connectivity index (χ1n) is 8.81. The normalized spacial score (nSPS) is 16.7. The highest BCUT2D eigenvalue weighted by Crippen LogP contribution is 2.13. The number of amides is 2. The van der Waals surface area contributed by atoms with Gasteiger partial charge < -0.3 is 15.4 Å².